The van der Waals surface area contributed by atoms with Crippen molar-refractivity contribution >= 4 is 28.2 Å². The number of Topliss-reactive ketones (excluding diaryl/α,β-unsaturated/α-hetero) is 1. The molecule has 0 saturated carbocycles. The molecule has 0 bridgehead atoms. The maximum absolute atomic E-state index is 12.1. The minimum atomic E-state index is -0.175. The highest BCUT2D eigenvalue weighted by Crippen LogP contribution is 2.21. The second-order valence-electron chi connectivity index (χ2n) is 5.43. The van der Waals surface area contributed by atoms with E-state index in [4.69, 9.17) is 0 Å². The molecule has 0 saturated heterocycles. The Morgan fingerprint density at radius 3 is 2.41 bits per heavy atom. The molecule has 2 rings (SSSR count). The lowest BCUT2D eigenvalue weighted by atomic mass is 10.0. The number of ketones is 1. The minimum Gasteiger partial charge on any atom is -0.302 e. The quantitative estimate of drug-likeness (QED) is 0.849. The number of aryl methyl sites for hydroxylation is 4. The Morgan fingerprint density at radius 1 is 1.09 bits per heavy atom. The highest BCUT2D eigenvalue weighted by atomic mass is 32.1. The molecular weight excluding hydrogens is 296 g/mol. The fourth-order valence-corrected chi connectivity index (χ4v) is 2.83. The molecule has 0 fully saturated rings. The van der Waals surface area contributed by atoms with E-state index in [0.717, 1.165) is 21.7 Å². The molecule has 0 radical (unpaired) electrons. The number of carbonyl (C=O) groups is 2. The van der Waals surface area contributed by atoms with E-state index in [1.54, 1.807) is 0 Å². The average Bonchev–Trinajstić information content (AvgIpc) is 2.77. The number of nitrogens with zero attached hydrogens (tertiary/aromatic N) is 1. The maximum Gasteiger partial charge on any atom is 0.226 e. The lowest BCUT2D eigenvalue weighted by Crippen LogP contribution is -2.13. The van der Waals surface area contributed by atoms with Crippen LogP contribution in [0.4, 0.5) is 5.13 Å². The standard InChI is InChI=1S/C17H20N2O2S/c1-10-5-6-14(9-11(10)2)15(20)7-8-16(21)19-17-18-12(3)13(4)22-17/h5-6,9H,7-8H2,1-4H3,(H,18,19,21). The summed E-state index contributed by atoms with van der Waals surface area (Å²) in [6.45, 7) is 7.86. The maximum atomic E-state index is 12.1. The van der Waals surface area contributed by atoms with E-state index in [1.807, 2.05) is 45.9 Å². The Morgan fingerprint density at radius 2 is 1.82 bits per heavy atom. The van der Waals surface area contributed by atoms with Gasteiger partial charge in [0, 0.05) is 23.3 Å². The van der Waals surface area contributed by atoms with Gasteiger partial charge < -0.3 is 5.32 Å². The Labute approximate surface area is 134 Å². The molecule has 22 heavy (non-hydrogen) atoms. The van der Waals surface area contributed by atoms with Crippen LogP contribution < -0.4 is 5.32 Å². The lowest BCUT2D eigenvalue weighted by Gasteiger charge is -2.05. The molecule has 4 nitrogen and oxygen atoms in total. The molecule has 2 aromatic rings. The topological polar surface area (TPSA) is 59.1 Å². The summed E-state index contributed by atoms with van der Waals surface area (Å²) >= 11 is 1.45. The second kappa shape index (κ2) is 6.83. The van der Waals surface area contributed by atoms with Crippen LogP contribution in [0.25, 0.3) is 0 Å². The number of amides is 1. The molecule has 0 unspecified atom stereocenters. The van der Waals surface area contributed by atoms with Crippen molar-refractivity contribution in [2.45, 2.75) is 40.5 Å². The van der Waals surface area contributed by atoms with Gasteiger partial charge in [-0.15, -0.1) is 11.3 Å². The van der Waals surface area contributed by atoms with Crippen LogP contribution in [0.5, 0.6) is 0 Å². The molecule has 1 amide bonds. The predicted octanol–water partition coefficient (Wildman–Crippen LogP) is 3.98. The molecular formula is C17H20N2O2S. The highest BCUT2D eigenvalue weighted by Gasteiger charge is 2.12. The zero-order valence-electron chi connectivity index (χ0n) is 13.3. The molecule has 0 aliphatic carbocycles. The number of rotatable bonds is 5. The Kier molecular flexibility index (Phi) is 5.08. The number of benzene rings is 1. The van der Waals surface area contributed by atoms with Crippen LogP contribution in [0.15, 0.2) is 18.2 Å². The second-order valence-corrected chi connectivity index (χ2v) is 6.63. The van der Waals surface area contributed by atoms with Gasteiger partial charge in [-0.2, -0.15) is 0 Å². The summed E-state index contributed by atoms with van der Waals surface area (Å²) in [5.74, 6) is -0.185. The smallest absolute Gasteiger partial charge is 0.226 e. The Hall–Kier alpha value is -2.01. The Bertz CT molecular complexity index is 700. The fourth-order valence-electron chi connectivity index (χ4n) is 1.99. The average molecular weight is 316 g/mol. The van der Waals surface area contributed by atoms with E-state index in [2.05, 4.69) is 10.3 Å². The van der Waals surface area contributed by atoms with Crippen molar-refractivity contribution in [1.82, 2.24) is 4.98 Å². The normalized spacial score (nSPS) is 10.5. The van der Waals surface area contributed by atoms with E-state index in [-0.39, 0.29) is 24.5 Å². The zero-order chi connectivity index (χ0) is 16.3. The third-order valence-corrected chi connectivity index (χ3v) is 4.67. The molecule has 1 aromatic carbocycles. The van der Waals surface area contributed by atoms with Gasteiger partial charge in [0.15, 0.2) is 10.9 Å². The van der Waals surface area contributed by atoms with Gasteiger partial charge in [-0.3, -0.25) is 9.59 Å². The van der Waals surface area contributed by atoms with Crippen molar-refractivity contribution in [3.8, 4) is 0 Å². The van der Waals surface area contributed by atoms with Gasteiger partial charge in [0.25, 0.3) is 0 Å². The monoisotopic (exact) mass is 316 g/mol. The van der Waals surface area contributed by atoms with Gasteiger partial charge in [0.05, 0.1) is 5.69 Å². The number of anilines is 1. The Balaban J connectivity index is 1.90. The first-order valence-electron chi connectivity index (χ1n) is 7.21. The molecule has 1 heterocycles. The first-order valence-corrected chi connectivity index (χ1v) is 8.03. The first kappa shape index (κ1) is 16.4. The minimum absolute atomic E-state index is 0.00949. The van der Waals surface area contributed by atoms with Gasteiger partial charge in [0.1, 0.15) is 0 Å². The fraction of sp³-hybridized carbons (Fsp3) is 0.353. The predicted molar refractivity (Wildman–Crippen MR) is 89.7 cm³/mol. The number of hydrogen-bond acceptors (Lipinski definition) is 4. The molecule has 1 aromatic heterocycles. The van der Waals surface area contributed by atoms with Crippen molar-refractivity contribution in [3.05, 3.63) is 45.5 Å². The molecule has 5 heteroatoms. The summed E-state index contributed by atoms with van der Waals surface area (Å²) < 4.78 is 0. The van der Waals surface area contributed by atoms with E-state index in [1.165, 1.54) is 11.3 Å². The third-order valence-electron chi connectivity index (χ3n) is 3.68. The molecule has 1 N–H and O–H groups in total. The van der Waals surface area contributed by atoms with Crippen LogP contribution in [0.2, 0.25) is 0 Å². The van der Waals surface area contributed by atoms with Crippen molar-refractivity contribution in [2.75, 3.05) is 5.32 Å². The molecule has 0 aliphatic rings. The van der Waals surface area contributed by atoms with Crippen LogP contribution in [0.3, 0.4) is 0 Å². The van der Waals surface area contributed by atoms with Gasteiger partial charge in [0.2, 0.25) is 5.91 Å². The SMILES string of the molecule is Cc1ccc(C(=O)CCC(=O)Nc2nc(C)c(C)s2)cc1C. The van der Waals surface area contributed by atoms with Crippen LogP contribution in [0, 0.1) is 27.7 Å². The molecule has 116 valence electrons. The summed E-state index contributed by atoms with van der Waals surface area (Å²) in [5.41, 5.74) is 3.83. The van der Waals surface area contributed by atoms with Crippen LogP contribution in [0.1, 0.15) is 44.9 Å². The van der Waals surface area contributed by atoms with Crippen molar-refractivity contribution in [2.24, 2.45) is 0 Å². The van der Waals surface area contributed by atoms with Crippen LogP contribution >= 0.6 is 11.3 Å². The highest BCUT2D eigenvalue weighted by molar-refractivity contribution is 7.15. The summed E-state index contributed by atoms with van der Waals surface area (Å²) in [6.07, 6.45) is 0.376. The number of aromatic nitrogens is 1. The summed E-state index contributed by atoms with van der Waals surface area (Å²) in [5, 5.41) is 3.34. The van der Waals surface area contributed by atoms with Crippen LogP contribution in [-0.4, -0.2) is 16.7 Å². The summed E-state index contributed by atoms with van der Waals surface area (Å²) in [7, 11) is 0. The largest absolute Gasteiger partial charge is 0.302 e. The van der Waals surface area contributed by atoms with Gasteiger partial charge in [-0.05, 0) is 44.9 Å². The van der Waals surface area contributed by atoms with Crippen molar-refractivity contribution in [1.29, 1.82) is 0 Å². The van der Waals surface area contributed by atoms with E-state index < -0.39 is 0 Å². The molecule has 0 aliphatic heterocycles. The van der Waals surface area contributed by atoms with E-state index in [0.29, 0.717) is 10.7 Å². The van der Waals surface area contributed by atoms with E-state index >= 15 is 0 Å². The summed E-state index contributed by atoms with van der Waals surface area (Å²) in [6, 6.07) is 5.63. The zero-order valence-corrected chi connectivity index (χ0v) is 14.1. The number of carbonyl (C=O) groups excluding carboxylic acids is 2. The molecule has 0 atom stereocenters. The first-order chi connectivity index (χ1) is 10.4. The number of nitrogens with one attached hydrogen (secondary N) is 1. The summed E-state index contributed by atoms with van der Waals surface area (Å²) in [4.78, 5) is 29.4. The third kappa shape index (κ3) is 4.01. The van der Waals surface area contributed by atoms with Gasteiger partial charge in [-0.25, -0.2) is 4.98 Å². The lowest BCUT2D eigenvalue weighted by molar-refractivity contribution is -0.116. The van der Waals surface area contributed by atoms with Crippen molar-refractivity contribution in [3.63, 3.8) is 0 Å². The van der Waals surface area contributed by atoms with Gasteiger partial charge in [-0.1, -0.05) is 12.1 Å². The van der Waals surface area contributed by atoms with Crippen LogP contribution in [-0.2, 0) is 4.79 Å². The van der Waals surface area contributed by atoms with Gasteiger partial charge >= 0.3 is 0 Å². The number of thiazole rings is 1. The van der Waals surface area contributed by atoms with E-state index in [9.17, 15) is 9.59 Å². The van der Waals surface area contributed by atoms with Crippen molar-refractivity contribution < 1.29 is 9.59 Å². The number of hydrogen-bond donors (Lipinski definition) is 1. The molecule has 0 spiro atoms.